The Labute approximate surface area is 130 Å². The van der Waals surface area contributed by atoms with Gasteiger partial charge in [-0.15, -0.1) is 0 Å². The molecule has 0 saturated heterocycles. The van der Waals surface area contributed by atoms with Crippen molar-refractivity contribution < 1.29 is 4.74 Å². The van der Waals surface area contributed by atoms with Crippen molar-refractivity contribution in [2.75, 3.05) is 13.7 Å². The van der Waals surface area contributed by atoms with Gasteiger partial charge < -0.3 is 10.1 Å². The fourth-order valence-corrected chi connectivity index (χ4v) is 2.60. The summed E-state index contributed by atoms with van der Waals surface area (Å²) in [6.07, 6.45) is 2.31. The van der Waals surface area contributed by atoms with E-state index in [1.807, 2.05) is 18.2 Å². The van der Waals surface area contributed by atoms with Gasteiger partial charge in [0, 0.05) is 29.2 Å². The maximum Gasteiger partial charge on any atom is 0.216 e. The lowest BCUT2D eigenvalue weighted by molar-refractivity contribution is 0.395. The molecule has 0 aliphatic heterocycles. The maximum absolute atomic E-state index is 6.04. The highest BCUT2D eigenvalue weighted by molar-refractivity contribution is 6.30. The second-order valence-electron chi connectivity index (χ2n) is 4.87. The number of hydrogen-bond acceptors (Lipinski definition) is 4. The molecule has 0 amide bonds. The average molecular weight is 306 g/mol. The van der Waals surface area contributed by atoms with Crippen molar-refractivity contribution in [3.8, 4) is 5.88 Å². The van der Waals surface area contributed by atoms with E-state index >= 15 is 0 Å². The third-order valence-corrected chi connectivity index (χ3v) is 3.61. The Balaban J connectivity index is 2.26. The highest BCUT2D eigenvalue weighted by Crippen LogP contribution is 2.24. The first-order valence-electron chi connectivity index (χ1n) is 6.98. The van der Waals surface area contributed by atoms with Crippen molar-refractivity contribution >= 4 is 11.6 Å². The Morgan fingerprint density at radius 2 is 2.10 bits per heavy atom. The molecule has 2 rings (SSSR count). The van der Waals surface area contributed by atoms with Crippen molar-refractivity contribution in [1.29, 1.82) is 0 Å². The molecule has 1 N–H and O–H groups in total. The highest BCUT2D eigenvalue weighted by Gasteiger charge is 2.15. The molecular weight excluding hydrogens is 286 g/mol. The maximum atomic E-state index is 6.04. The van der Waals surface area contributed by atoms with Crippen LogP contribution in [0.5, 0.6) is 5.88 Å². The zero-order valence-corrected chi connectivity index (χ0v) is 13.3. The zero-order chi connectivity index (χ0) is 15.2. The molecule has 1 atom stereocenters. The number of hydrogen-bond donors (Lipinski definition) is 1. The first-order valence-corrected chi connectivity index (χ1v) is 7.36. The lowest BCUT2D eigenvalue weighted by Gasteiger charge is -2.20. The largest absolute Gasteiger partial charge is 0.481 e. The lowest BCUT2D eigenvalue weighted by Crippen LogP contribution is -2.24. The van der Waals surface area contributed by atoms with Gasteiger partial charge in [0.15, 0.2) is 0 Å². The molecule has 0 spiro atoms. The molecule has 5 heteroatoms. The van der Waals surface area contributed by atoms with Crippen LogP contribution in [0.2, 0.25) is 5.02 Å². The van der Waals surface area contributed by atoms with E-state index in [4.69, 9.17) is 16.3 Å². The monoisotopic (exact) mass is 305 g/mol. The van der Waals surface area contributed by atoms with Gasteiger partial charge in [0.05, 0.1) is 7.11 Å². The Morgan fingerprint density at radius 3 is 2.76 bits per heavy atom. The number of ether oxygens (including phenoxy) is 1. The van der Waals surface area contributed by atoms with Crippen LogP contribution in [0, 0.1) is 6.92 Å². The van der Waals surface area contributed by atoms with Gasteiger partial charge in [-0.3, -0.25) is 0 Å². The number of methoxy groups -OCH3 is 1. The molecule has 0 bridgehead atoms. The fourth-order valence-electron chi connectivity index (χ4n) is 2.38. The van der Waals surface area contributed by atoms with E-state index in [0.29, 0.717) is 5.88 Å². The van der Waals surface area contributed by atoms with Crippen LogP contribution in [0.3, 0.4) is 0 Å². The van der Waals surface area contributed by atoms with Crippen LogP contribution >= 0.6 is 11.6 Å². The van der Waals surface area contributed by atoms with E-state index in [0.717, 1.165) is 23.7 Å². The van der Waals surface area contributed by atoms with Gasteiger partial charge in [-0.05, 0) is 36.7 Å². The molecule has 1 heterocycles. The van der Waals surface area contributed by atoms with Crippen LogP contribution < -0.4 is 10.1 Å². The fraction of sp³-hybridized carbons (Fsp3) is 0.375. The Morgan fingerprint density at radius 1 is 1.29 bits per heavy atom. The standard InChI is InChI=1S/C16H20ClN3O/c1-4-18-15(14-6-5-12(17)7-11(14)2)8-13-9-16(21-3)20-10-19-13/h5-7,9-10,15,18H,4,8H2,1-3H3. The van der Waals surface area contributed by atoms with E-state index in [9.17, 15) is 0 Å². The summed E-state index contributed by atoms with van der Waals surface area (Å²) in [6.45, 7) is 5.06. The molecule has 1 aromatic heterocycles. The predicted octanol–water partition coefficient (Wildman–Crippen LogP) is 3.34. The number of nitrogens with one attached hydrogen (secondary N) is 1. The van der Waals surface area contributed by atoms with Crippen molar-refractivity contribution in [2.45, 2.75) is 26.3 Å². The van der Waals surface area contributed by atoms with Crippen molar-refractivity contribution in [2.24, 2.45) is 0 Å². The van der Waals surface area contributed by atoms with Crippen LogP contribution in [-0.4, -0.2) is 23.6 Å². The summed E-state index contributed by atoms with van der Waals surface area (Å²) in [5.41, 5.74) is 3.36. The number of benzene rings is 1. The highest BCUT2D eigenvalue weighted by atomic mass is 35.5. The molecule has 4 nitrogen and oxygen atoms in total. The topological polar surface area (TPSA) is 47.0 Å². The van der Waals surface area contributed by atoms with Gasteiger partial charge in [-0.1, -0.05) is 24.6 Å². The van der Waals surface area contributed by atoms with Crippen LogP contribution in [0.1, 0.15) is 29.8 Å². The number of likely N-dealkylation sites (N-methyl/N-ethyl adjacent to an activating group) is 1. The molecule has 0 radical (unpaired) electrons. The molecule has 0 aliphatic carbocycles. The zero-order valence-electron chi connectivity index (χ0n) is 12.6. The molecule has 21 heavy (non-hydrogen) atoms. The van der Waals surface area contributed by atoms with E-state index in [1.165, 1.54) is 17.5 Å². The molecule has 0 saturated carbocycles. The normalized spacial score (nSPS) is 12.2. The lowest BCUT2D eigenvalue weighted by atomic mass is 9.97. The number of rotatable bonds is 6. The van der Waals surface area contributed by atoms with Crippen LogP contribution in [0.25, 0.3) is 0 Å². The summed E-state index contributed by atoms with van der Waals surface area (Å²) in [4.78, 5) is 8.37. The molecular formula is C16H20ClN3O. The number of halogens is 1. The second kappa shape index (κ2) is 7.38. The average Bonchev–Trinajstić information content (AvgIpc) is 2.47. The summed E-state index contributed by atoms with van der Waals surface area (Å²) in [6, 6.07) is 8.04. The van der Waals surface area contributed by atoms with Gasteiger partial charge in [-0.2, -0.15) is 0 Å². The Bertz CT molecular complexity index is 604. The first-order chi connectivity index (χ1) is 10.1. The van der Waals surface area contributed by atoms with E-state index in [-0.39, 0.29) is 6.04 Å². The van der Waals surface area contributed by atoms with Crippen molar-refractivity contribution in [1.82, 2.24) is 15.3 Å². The van der Waals surface area contributed by atoms with Crippen LogP contribution in [0.15, 0.2) is 30.6 Å². The van der Waals surface area contributed by atoms with Gasteiger partial charge in [0.2, 0.25) is 5.88 Å². The summed E-state index contributed by atoms with van der Waals surface area (Å²) >= 11 is 6.04. The van der Waals surface area contributed by atoms with Gasteiger partial charge in [0.25, 0.3) is 0 Å². The minimum atomic E-state index is 0.187. The van der Waals surface area contributed by atoms with Crippen LogP contribution in [-0.2, 0) is 6.42 Å². The van der Waals surface area contributed by atoms with Gasteiger partial charge in [-0.25, -0.2) is 9.97 Å². The summed E-state index contributed by atoms with van der Waals surface area (Å²) in [7, 11) is 1.61. The van der Waals surface area contributed by atoms with Crippen molar-refractivity contribution in [3.63, 3.8) is 0 Å². The molecule has 1 aromatic carbocycles. The minimum Gasteiger partial charge on any atom is -0.481 e. The van der Waals surface area contributed by atoms with Gasteiger partial charge in [0.1, 0.15) is 6.33 Å². The number of aryl methyl sites for hydroxylation is 1. The van der Waals surface area contributed by atoms with Crippen molar-refractivity contribution in [3.05, 3.63) is 52.4 Å². The Kier molecular flexibility index (Phi) is 5.53. The molecule has 0 aliphatic rings. The molecule has 1 unspecified atom stereocenters. The summed E-state index contributed by atoms with van der Waals surface area (Å²) in [5, 5.41) is 4.26. The molecule has 2 aromatic rings. The smallest absolute Gasteiger partial charge is 0.216 e. The molecule has 0 fully saturated rings. The SMILES string of the molecule is CCNC(Cc1cc(OC)ncn1)c1ccc(Cl)cc1C. The quantitative estimate of drug-likeness (QED) is 0.889. The number of aromatic nitrogens is 2. The van der Waals surface area contributed by atoms with Gasteiger partial charge >= 0.3 is 0 Å². The predicted molar refractivity (Wildman–Crippen MR) is 84.9 cm³/mol. The van der Waals surface area contributed by atoms with E-state index in [2.05, 4.69) is 35.2 Å². The third-order valence-electron chi connectivity index (χ3n) is 3.38. The Hall–Kier alpha value is -1.65. The van der Waals surface area contributed by atoms with E-state index in [1.54, 1.807) is 7.11 Å². The summed E-state index contributed by atoms with van der Waals surface area (Å²) in [5.74, 6) is 0.586. The summed E-state index contributed by atoms with van der Waals surface area (Å²) < 4.78 is 5.15. The second-order valence-corrected chi connectivity index (χ2v) is 5.30. The molecule has 112 valence electrons. The number of nitrogens with zero attached hydrogens (tertiary/aromatic N) is 2. The first kappa shape index (κ1) is 15.7. The van der Waals surface area contributed by atoms with Crippen LogP contribution in [0.4, 0.5) is 0 Å². The third kappa shape index (κ3) is 4.16. The van der Waals surface area contributed by atoms with E-state index < -0.39 is 0 Å². The minimum absolute atomic E-state index is 0.187.